The van der Waals surface area contributed by atoms with Gasteiger partial charge in [-0.1, -0.05) is 73.3 Å². The van der Waals surface area contributed by atoms with E-state index in [1.165, 1.54) is 0 Å². The maximum absolute atomic E-state index is 4.43. The normalized spacial score (nSPS) is 11.4. The van der Waals surface area contributed by atoms with Crippen LogP contribution in [0.2, 0.25) is 0 Å². The first kappa shape index (κ1) is 16.3. The van der Waals surface area contributed by atoms with E-state index in [2.05, 4.69) is 27.3 Å². The Morgan fingerprint density at radius 3 is 2.28 bits per heavy atom. The molecule has 3 aromatic carbocycles. The van der Waals surface area contributed by atoms with Crippen LogP contribution in [0.25, 0.3) is 6.08 Å². The van der Waals surface area contributed by atoms with Crippen molar-refractivity contribution >= 4 is 23.3 Å². The number of rotatable bonds is 5. The van der Waals surface area contributed by atoms with Gasteiger partial charge in [0.15, 0.2) is 0 Å². The number of amidine groups is 1. The van der Waals surface area contributed by atoms with Gasteiger partial charge in [0.25, 0.3) is 0 Å². The topological polar surface area (TPSA) is 49.1 Å². The molecule has 0 unspecified atom stereocenters. The standard InChI is InChI=1S/C21H18N4/c1-2-17-10-9-15-20(16-17)23-25-21(18-11-5-3-6-12-18)24-22-19-13-7-4-8-14-19/h2-16,23H,1H2/b24-22?,25-21+. The highest BCUT2D eigenvalue weighted by Gasteiger charge is 2.02. The molecule has 3 aromatic rings. The summed E-state index contributed by atoms with van der Waals surface area (Å²) in [6.45, 7) is 3.78. The monoisotopic (exact) mass is 326 g/mol. The van der Waals surface area contributed by atoms with Crippen molar-refractivity contribution in [1.82, 2.24) is 0 Å². The maximum Gasteiger partial charge on any atom is 0.201 e. The first-order valence-corrected chi connectivity index (χ1v) is 7.93. The average Bonchev–Trinajstić information content (AvgIpc) is 2.69. The quantitative estimate of drug-likeness (QED) is 0.270. The lowest BCUT2D eigenvalue weighted by molar-refractivity contribution is 1.22. The molecular formula is C21H18N4. The molecule has 0 amide bonds. The Morgan fingerprint density at radius 1 is 0.840 bits per heavy atom. The van der Waals surface area contributed by atoms with Gasteiger partial charge < -0.3 is 0 Å². The summed E-state index contributed by atoms with van der Waals surface area (Å²) < 4.78 is 0. The molecule has 0 aliphatic rings. The van der Waals surface area contributed by atoms with Crippen molar-refractivity contribution in [3.63, 3.8) is 0 Å². The van der Waals surface area contributed by atoms with Gasteiger partial charge in [0, 0.05) is 5.56 Å². The van der Waals surface area contributed by atoms with Gasteiger partial charge in [0.2, 0.25) is 5.84 Å². The number of azo groups is 1. The van der Waals surface area contributed by atoms with E-state index in [-0.39, 0.29) is 0 Å². The van der Waals surface area contributed by atoms with E-state index in [4.69, 9.17) is 0 Å². The second kappa shape index (κ2) is 8.36. The molecule has 4 nitrogen and oxygen atoms in total. The lowest BCUT2D eigenvalue weighted by atomic mass is 10.2. The van der Waals surface area contributed by atoms with E-state index >= 15 is 0 Å². The number of hydrogen-bond donors (Lipinski definition) is 1. The molecule has 0 saturated carbocycles. The van der Waals surface area contributed by atoms with Crippen molar-refractivity contribution in [1.29, 1.82) is 0 Å². The van der Waals surface area contributed by atoms with E-state index in [1.54, 1.807) is 6.08 Å². The molecular weight excluding hydrogens is 308 g/mol. The van der Waals surface area contributed by atoms with Gasteiger partial charge in [0.05, 0.1) is 11.4 Å². The zero-order valence-electron chi connectivity index (χ0n) is 13.7. The Kier molecular flexibility index (Phi) is 5.46. The summed E-state index contributed by atoms with van der Waals surface area (Å²) in [5, 5.41) is 13.0. The van der Waals surface area contributed by atoms with E-state index in [0.29, 0.717) is 5.84 Å². The zero-order chi connectivity index (χ0) is 17.3. The van der Waals surface area contributed by atoms with Crippen LogP contribution in [0.1, 0.15) is 11.1 Å². The SMILES string of the molecule is C=Cc1cccc(N/N=C(/N=Nc2ccccc2)c2ccccc2)c1. The second-order valence-corrected chi connectivity index (χ2v) is 5.28. The van der Waals surface area contributed by atoms with Gasteiger partial charge in [-0.3, -0.25) is 5.43 Å². The van der Waals surface area contributed by atoms with Crippen LogP contribution in [0.4, 0.5) is 11.4 Å². The van der Waals surface area contributed by atoms with Crippen LogP contribution < -0.4 is 5.43 Å². The maximum atomic E-state index is 4.43. The number of nitrogens with zero attached hydrogens (tertiary/aromatic N) is 3. The molecule has 0 aliphatic carbocycles. The molecule has 0 radical (unpaired) electrons. The van der Waals surface area contributed by atoms with Gasteiger partial charge in [-0.15, -0.1) is 10.2 Å². The Balaban J connectivity index is 1.88. The summed E-state index contributed by atoms with van der Waals surface area (Å²) >= 11 is 0. The molecule has 0 saturated heterocycles. The summed E-state index contributed by atoms with van der Waals surface area (Å²) in [4.78, 5) is 0. The van der Waals surface area contributed by atoms with Crippen LogP contribution in [-0.2, 0) is 0 Å². The van der Waals surface area contributed by atoms with E-state index in [0.717, 1.165) is 22.5 Å². The highest BCUT2D eigenvalue weighted by Crippen LogP contribution is 2.14. The number of hydrazone groups is 1. The minimum absolute atomic E-state index is 0.508. The molecule has 0 spiro atoms. The predicted octanol–water partition coefficient (Wildman–Crippen LogP) is 5.89. The molecule has 4 heteroatoms. The summed E-state index contributed by atoms with van der Waals surface area (Å²) in [5.41, 5.74) is 6.58. The fraction of sp³-hybridized carbons (Fsp3) is 0. The van der Waals surface area contributed by atoms with Crippen molar-refractivity contribution in [3.05, 3.63) is 103 Å². The molecule has 122 valence electrons. The van der Waals surface area contributed by atoms with Crippen LogP contribution in [0.5, 0.6) is 0 Å². The van der Waals surface area contributed by atoms with Crippen molar-refractivity contribution in [3.8, 4) is 0 Å². The highest BCUT2D eigenvalue weighted by molar-refractivity contribution is 5.99. The summed E-state index contributed by atoms with van der Waals surface area (Å²) in [7, 11) is 0. The first-order chi connectivity index (χ1) is 12.3. The number of anilines is 1. The van der Waals surface area contributed by atoms with Gasteiger partial charge in [-0.2, -0.15) is 5.10 Å². The fourth-order valence-electron chi connectivity index (χ4n) is 2.18. The molecule has 1 N–H and O–H groups in total. The smallest absolute Gasteiger partial charge is 0.201 e. The third kappa shape index (κ3) is 4.72. The largest absolute Gasteiger partial charge is 0.276 e. The molecule has 0 aliphatic heterocycles. The number of benzene rings is 3. The van der Waals surface area contributed by atoms with E-state index in [1.807, 2.05) is 84.9 Å². The van der Waals surface area contributed by atoms with Crippen LogP contribution in [0.15, 0.2) is 107 Å². The van der Waals surface area contributed by atoms with Crippen LogP contribution in [0.3, 0.4) is 0 Å². The van der Waals surface area contributed by atoms with Gasteiger partial charge in [-0.05, 0) is 29.8 Å². The first-order valence-electron chi connectivity index (χ1n) is 7.93. The van der Waals surface area contributed by atoms with E-state index in [9.17, 15) is 0 Å². The van der Waals surface area contributed by atoms with Crippen molar-refractivity contribution in [2.24, 2.45) is 15.3 Å². The number of hydrogen-bond acceptors (Lipinski definition) is 3. The highest BCUT2D eigenvalue weighted by atomic mass is 15.3. The summed E-state index contributed by atoms with van der Waals surface area (Å²) in [5.74, 6) is 0.508. The molecule has 0 aromatic heterocycles. The molecule has 25 heavy (non-hydrogen) atoms. The van der Waals surface area contributed by atoms with Crippen LogP contribution in [-0.4, -0.2) is 5.84 Å². The third-order valence-electron chi connectivity index (χ3n) is 3.46. The van der Waals surface area contributed by atoms with Gasteiger partial charge in [0.1, 0.15) is 0 Å². The predicted molar refractivity (Wildman–Crippen MR) is 104 cm³/mol. The summed E-state index contributed by atoms with van der Waals surface area (Å²) in [6, 6.07) is 27.2. The molecule has 0 heterocycles. The lowest BCUT2D eigenvalue weighted by Crippen LogP contribution is -2.01. The molecule has 0 atom stereocenters. The Morgan fingerprint density at radius 2 is 1.56 bits per heavy atom. The van der Waals surface area contributed by atoms with Gasteiger partial charge in [-0.25, -0.2) is 0 Å². The van der Waals surface area contributed by atoms with Crippen molar-refractivity contribution < 1.29 is 0 Å². The molecule has 3 rings (SSSR count). The zero-order valence-corrected chi connectivity index (χ0v) is 13.7. The Labute approximate surface area is 147 Å². The number of nitrogens with one attached hydrogen (secondary N) is 1. The summed E-state index contributed by atoms with van der Waals surface area (Å²) in [6.07, 6.45) is 1.79. The van der Waals surface area contributed by atoms with Gasteiger partial charge >= 0.3 is 0 Å². The van der Waals surface area contributed by atoms with Crippen molar-refractivity contribution in [2.75, 3.05) is 5.43 Å². The minimum Gasteiger partial charge on any atom is -0.276 e. The fourth-order valence-corrected chi connectivity index (χ4v) is 2.18. The Hall–Kier alpha value is -3.53. The second-order valence-electron chi connectivity index (χ2n) is 5.28. The average molecular weight is 326 g/mol. The lowest BCUT2D eigenvalue weighted by Gasteiger charge is -2.04. The molecule has 0 bridgehead atoms. The van der Waals surface area contributed by atoms with Crippen molar-refractivity contribution in [2.45, 2.75) is 0 Å². The van der Waals surface area contributed by atoms with Crippen LogP contribution in [0, 0.1) is 0 Å². The molecule has 0 fully saturated rings. The van der Waals surface area contributed by atoms with Crippen LogP contribution >= 0.6 is 0 Å². The van der Waals surface area contributed by atoms with E-state index < -0.39 is 0 Å². The third-order valence-corrected chi connectivity index (χ3v) is 3.46. The minimum atomic E-state index is 0.508. The Bertz CT molecular complexity index is 884.